The van der Waals surface area contributed by atoms with Crippen LogP contribution < -0.4 is 5.32 Å². The molecule has 2 fully saturated rings. The first-order chi connectivity index (χ1) is 9.87. The molecule has 2 rings (SSSR count). The number of nitrogens with one attached hydrogen (secondary N) is 1. The molecule has 0 radical (unpaired) electrons. The number of hydrogen-bond acceptors (Lipinski definition) is 2. The monoisotopic (exact) mass is 294 g/mol. The van der Waals surface area contributed by atoms with Gasteiger partial charge in [0.15, 0.2) is 0 Å². The molecule has 1 saturated carbocycles. The summed E-state index contributed by atoms with van der Waals surface area (Å²) < 4.78 is 0. The van der Waals surface area contributed by atoms with Crippen LogP contribution in [0.15, 0.2) is 0 Å². The molecule has 21 heavy (non-hydrogen) atoms. The van der Waals surface area contributed by atoms with Gasteiger partial charge >= 0.3 is 0 Å². The van der Waals surface area contributed by atoms with Crippen LogP contribution in [0.1, 0.15) is 73.1 Å². The van der Waals surface area contributed by atoms with Crippen molar-refractivity contribution in [3.05, 3.63) is 0 Å². The minimum Gasteiger partial charge on any atom is -0.325 e. The fourth-order valence-corrected chi connectivity index (χ4v) is 3.87. The van der Waals surface area contributed by atoms with E-state index in [4.69, 9.17) is 0 Å². The van der Waals surface area contributed by atoms with Crippen molar-refractivity contribution >= 4 is 5.91 Å². The Balaban J connectivity index is 1.95. The lowest BCUT2D eigenvalue weighted by molar-refractivity contribution is -0.133. The summed E-state index contributed by atoms with van der Waals surface area (Å²) in [6, 6.07) is 0. The minimum absolute atomic E-state index is 0.213. The quantitative estimate of drug-likeness (QED) is 0.837. The van der Waals surface area contributed by atoms with Gasteiger partial charge < -0.3 is 4.90 Å². The lowest BCUT2D eigenvalue weighted by atomic mass is 9.81. The zero-order valence-corrected chi connectivity index (χ0v) is 14.6. The van der Waals surface area contributed by atoms with Gasteiger partial charge in [-0.25, -0.2) is 0 Å². The first kappa shape index (κ1) is 16.8. The van der Waals surface area contributed by atoms with Gasteiger partial charge in [0.2, 0.25) is 5.91 Å². The highest BCUT2D eigenvalue weighted by molar-refractivity contribution is 5.88. The molecule has 3 heteroatoms. The van der Waals surface area contributed by atoms with Crippen LogP contribution in [-0.2, 0) is 4.79 Å². The van der Waals surface area contributed by atoms with Gasteiger partial charge in [0.05, 0.1) is 11.7 Å². The first-order valence-electron chi connectivity index (χ1n) is 8.96. The molecule has 2 unspecified atom stereocenters. The summed E-state index contributed by atoms with van der Waals surface area (Å²) in [4.78, 5) is 14.9. The molecular formula is C18H34N2O. The topological polar surface area (TPSA) is 32.3 Å². The molecule has 3 nitrogen and oxygen atoms in total. The Morgan fingerprint density at radius 1 is 1.29 bits per heavy atom. The fraction of sp³-hybridized carbons (Fsp3) is 0.944. The summed E-state index contributed by atoms with van der Waals surface area (Å²) in [5, 5.41) is 3.59. The van der Waals surface area contributed by atoms with Crippen molar-refractivity contribution < 1.29 is 4.79 Å². The normalized spacial score (nSPS) is 37.5. The van der Waals surface area contributed by atoms with Gasteiger partial charge in [-0.1, -0.05) is 53.4 Å². The molecule has 2 aliphatic rings. The van der Waals surface area contributed by atoms with Crippen LogP contribution in [0.5, 0.6) is 0 Å². The smallest absolute Gasteiger partial charge is 0.243 e. The second-order valence-corrected chi connectivity index (χ2v) is 7.93. The number of amides is 1. The largest absolute Gasteiger partial charge is 0.325 e. The zero-order chi connectivity index (χ0) is 15.6. The van der Waals surface area contributed by atoms with Crippen molar-refractivity contribution in [1.82, 2.24) is 10.2 Å². The Morgan fingerprint density at radius 3 is 2.43 bits per heavy atom. The van der Waals surface area contributed by atoms with Gasteiger partial charge in [-0.15, -0.1) is 0 Å². The third kappa shape index (κ3) is 3.61. The molecule has 2 atom stereocenters. The predicted octanol–water partition coefficient (Wildman–Crippen LogP) is 3.79. The summed E-state index contributed by atoms with van der Waals surface area (Å²) in [7, 11) is 0. The third-order valence-electron chi connectivity index (χ3n) is 5.79. The van der Waals surface area contributed by atoms with Crippen LogP contribution in [0, 0.1) is 17.8 Å². The van der Waals surface area contributed by atoms with Crippen LogP contribution in [0.25, 0.3) is 0 Å². The first-order valence-corrected chi connectivity index (χ1v) is 8.96. The van der Waals surface area contributed by atoms with E-state index >= 15 is 0 Å². The molecule has 0 aromatic carbocycles. The molecule has 1 heterocycles. The number of nitrogens with zero attached hydrogens (tertiary/aromatic N) is 1. The lowest BCUT2D eigenvalue weighted by Gasteiger charge is -2.31. The lowest BCUT2D eigenvalue weighted by Crippen LogP contribution is -2.45. The molecular weight excluding hydrogens is 260 g/mol. The highest BCUT2D eigenvalue weighted by Crippen LogP contribution is 2.32. The van der Waals surface area contributed by atoms with Crippen molar-refractivity contribution in [2.75, 3.05) is 6.54 Å². The van der Waals surface area contributed by atoms with Crippen LogP contribution in [0.2, 0.25) is 0 Å². The summed E-state index contributed by atoms with van der Waals surface area (Å²) in [5.74, 6) is 2.51. The van der Waals surface area contributed by atoms with E-state index in [1.165, 1.54) is 32.1 Å². The predicted molar refractivity (Wildman–Crippen MR) is 87.9 cm³/mol. The number of hydrogen-bond donors (Lipinski definition) is 1. The molecule has 1 N–H and O–H groups in total. The molecule has 0 aromatic rings. The maximum absolute atomic E-state index is 12.8. The molecule has 0 bridgehead atoms. The highest BCUT2D eigenvalue weighted by Gasteiger charge is 2.47. The van der Waals surface area contributed by atoms with Crippen molar-refractivity contribution in [3.8, 4) is 0 Å². The molecule has 0 spiro atoms. The molecule has 1 saturated heterocycles. The van der Waals surface area contributed by atoms with Gasteiger partial charge in [-0.05, 0) is 37.5 Å². The van der Waals surface area contributed by atoms with Crippen LogP contribution in [0.3, 0.4) is 0 Å². The summed E-state index contributed by atoms with van der Waals surface area (Å²) in [5.41, 5.74) is -0.351. The average molecular weight is 294 g/mol. The number of rotatable bonds is 5. The molecule has 1 aliphatic carbocycles. The van der Waals surface area contributed by atoms with Crippen molar-refractivity contribution in [2.45, 2.75) is 84.8 Å². The average Bonchev–Trinajstić information content (AvgIpc) is 2.72. The highest BCUT2D eigenvalue weighted by atomic mass is 16.2. The van der Waals surface area contributed by atoms with Gasteiger partial charge in [0.1, 0.15) is 0 Å². The van der Waals surface area contributed by atoms with Gasteiger partial charge in [-0.2, -0.15) is 0 Å². The Hall–Kier alpha value is -0.570. The van der Waals surface area contributed by atoms with Crippen molar-refractivity contribution in [3.63, 3.8) is 0 Å². The SMILES string of the molecule is CCC1(C)NC(C(C)C)N(CCC2CCC(C)CC2)C1=O. The maximum Gasteiger partial charge on any atom is 0.243 e. The number of carbonyl (C=O) groups is 1. The van der Waals surface area contributed by atoms with Crippen molar-refractivity contribution in [1.29, 1.82) is 0 Å². The second kappa shape index (κ2) is 6.68. The molecule has 1 amide bonds. The molecule has 0 aromatic heterocycles. The maximum atomic E-state index is 12.8. The Morgan fingerprint density at radius 2 is 1.90 bits per heavy atom. The molecule has 122 valence electrons. The van der Waals surface area contributed by atoms with Crippen LogP contribution in [0.4, 0.5) is 0 Å². The van der Waals surface area contributed by atoms with E-state index in [-0.39, 0.29) is 11.7 Å². The summed E-state index contributed by atoms with van der Waals surface area (Å²) in [6.45, 7) is 11.9. The number of carbonyl (C=O) groups excluding carboxylic acids is 1. The van der Waals surface area contributed by atoms with E-state index in [1.807, 2.05) is 0 Å². The third-order valence-corrected chi connectivity index (χ3v) is 5.79. The standard InChI is InChI=1S/C18H34N2O/c1-6-18(5)17(21)20(16(19-18)13(2)3)12-11-15-9-7-14(4)8-10-15/h13-16,19H,6-12H2,1-5H3. The van der Waals surface area contributed by atoms with Gasteiger partial charge in [-0.3, -0.25) is 10.1 Å². The van der Waals surface area contributed by atoms with E-state index in [1.54, 1.807) is 0 Å². The van der Waals surface area contributed by atoms with Crippen LogP contribution in [-0.4, -0.2) is 29.1 Å². The van der Waals surface area contributed by atoms with E-state index in [9.17, 15) is 4.79 Å². The fourth-order valence-electron chi connectivity index (χ4n) is 3.87. The van der Waals surface area contributed by atoms with Crippen LogP contribution >= 0.6 is 0 Å². The van der Waals surface area contributed by atoms with E-state index < -0.39 is 0 Å². The zero-order valence-electron chi connectivity index (χ0n) is 14.6. The van der Waals surface area contributed by atoms with E-state index in [0.29, 0.717) is 11.8 Å². The second-order valence-electron chi connectivity index (χ2n) is 7.93. The summed E-state index contributed by atoms with van der Waals surface area (Å²) in [6.07, 6.45) is 7.72. The molecule has 1 aliphatic heterocycles. The van der Waals surface area contributed by atoms with E-state index in [2.05, 4.69) is 44.8 Å². The Bertz CT molecular complexity index is 360. The van der Waals surface area contributed by atoms with Gasteiger partial charge in [0, 0.05) is 6.54 Å². The van der Waals surface area contributed by atoms with Gasteiger partial charge in [0.25, 0.3) is 0 Å². The Labute approximate surface area is 130 Å². The van der Waals surface area contributed by atoms with E-state index in [0.717, 1.165) is 24.8 Å². The minimum atomic E-state index is -0.351. The Kier molecular flexibility index (Phi) is 5.34. The summed E-state index contributed by atoms with van der Waals surface area (Å²) >= 11 is 0. The van der Waals surface area contributed by atoms with Crippen molar-refractivity contribution in [2.24, 2.45) is 17.8 Å².